The molecule has 1 aromatic carbocycles. The lowest BCUT2D eigenvalue weighted by molar-refractivity contribution is -0.175. The Labute approximate surface area is 284 Å². The van der Waals surface area contributed by atoms with Gasteiger partial charge in [0.25, 0.3) is 0 Å². The lowest BCUT2D eigenvalue weighted by atomic mass is 9.92. The number of esters is 2. The first kappa shape index (κ1) is 34.9. The van der Waals surface area contributed by atoms with E-state index in [2.05, 4.69) is 21.3 Å². The highest BCUT2D eigenvalue weighted by molar-refractivity contribution is 6.29. The number of nitrogens with one attached hydrogen (secondary N) is 1. The van der Waals surface area contributed by atoms with Crippen LogP contribution in [0.25, 0.3) is 11.0 Å². The molecule has 2 aliphatic rings. The number of aliphatic carboxylic acids is 2. The van der Waals surface area contributed by atoms with Gasteiger partial charge in [0, 0.05) is 44.1 Å². The quantitative estimate of drug-likeness (QED) is 0.114. The van der Waals surface area contributed by atoms with Gasteiger partial charge in [-0.2, -0.15) is 5.10 Å². The Morgan fingerprint density at radius 3 is 2.55 bits per heavy atom. The van der Waals surface area contributed by atoms with Crippen LogP contribution in [0.1, 0.15) is 37.8 Å². The van der Waals surface area contributed by atoms with Gasteiger partial charge in [0.15, 0.2) is 17.8 Å². The number of hydrogen-bond donors (Lipinski definition) is 3. The van der Waals surface area contributed by atoms with Crippen LogP contribution in [0, 0.1) is 25.2 Å². The number of hydrogen-bond acceptors (Lipinski definition) is 11. The molecule has 2 fully saturated rings. The number of carboxylic acids is 2. The van der Waals surface area contributed by atoms with Crippen molar-refractivity contribution in [3.05, 3.63) is 46.7 Å². The number of carbonyl (C=O) groups is 5. The van der Waals surface area contributed by atoms with E-state index in [1.807, 2.05) is 0 Å². The topological polar surface area (TPSA) is 209 Å². The summed E-state index contributed by atoms with van der Waals surface area (Å²) < 4.78 is 25.2. The molecule has 5 rings (SSSR count). The van der Waals surface area contributed by atoms with Crippen molar-refractivity contribution in [1.82, 2.24) is 20.1 Å². The molecule has 3 N–H and O–H groups in total. The van der Waals surface area contributed by atoms with Crippen LogP contribution in [-0.4, -0.2) is 92.4 Å². The molecule has 16 nitrogen and oxygen atoms in total. The number of aromatic nitrogens is 3. The van der Waals surface area contributed by atoms with Crippen LogP contribution in [0.3, 0.4) is 0 Å². The summed E-state index contributed by atoms with van der Waals surface area (Å²) in [4.78, 5) is 66.9. The second-order valence-electron chi connectivity index (χ2n) is 11.4. The van der Waals surface area contributed by atoms with Crippen LogP contribution in [0.4, 0.5) is 10.5 Å². The molecule has 2 amide bonds. The fourth-order valence-corrected chi connectivity index (χ4v) is 6.00. The number of amides is 2. The van der Waals surface area contributed by atoms with Gasteiger partial charge in [0.2, 0.25) is 11.7 Å². The largest absolute Gasteiger partial charge is 0.490 e. The Morgan fingerprint density at radius 1 is 1.18 bits per heavy atom. The normalized spacial score (nSPS) is 22.0. The zero-order valence-electron chi connectivity index (χ0n) is 26.5. The highest BCUT2D eigenvalue weighted by Gasteiger charge is 2.62. The lowest BCUT2D eigenvalue weighted by Crippen LogP contribution is -2.53. The molecule has 2 aliphatic heterocycles. The standard InChI is InChI=1S/C32H32ClN5O11/c1-5-32(49-18(4)40)24(48-28(26(32)47-17(3)39)38-27-21(16(2)36-38)9-10-25(33)35-27)15-46-23-14-20(37-12-6-11-34-31(37)45)8-7-19(23)13-22(29(41)42)30(43)44/h1,7-10,14,22,24,26,28H,6,11-13,15H2,2-4H3,(H,34,45)(H,41,42)(H,43,44)/t24-,26+,28-,32-/m1/s1. The summed E-state index contributed by atoms with van der Waals surface area (Å²) in [5, 5.41) is 27.1. The Hall–Kier alpha value is -5.40. The molecule has 258 valence electrons. The Kier molecular flexibility index (Phi) is 9.97. The fourth-order valence-electron chi connectivity index (χ4n) is 5.85. The maximum atomic E-state index is 12.6. The molecule has 4 atom stereocenters. The van der Waals surface area contributed by atoms with E-state index >= 15 is 0 Å². The zero-order valence-corrected chi connectivity index (χ0v) is 27.3. The van der Waals surface area contributed by atoms with Gasteiger partial charge in [-0.3, -0.25) is 24.1 Å². The first-order valence-corrected chi connectivity index (χ1v) is 15.4. The van der Waals surface area contributed by atoms with E-state index in [1.54, 1.807) is 25.1 Å². The van der Waals surface area contributed by atoms with Gasteiger partial charge in [-0.25, -0.2) is 14.5 Å². The van der Waals surface area contributed by atoms with Crippen molar-refractivity contribution in [2.45, 2.75) is 57.6 Å². The average Bonchev–Trinajstić information content (AvgIpc) is 3.51. The molecule has 0 radical (unpaired) electrons. The van der Waals surface area contributed by atoms with Crippen LogP contribution in [0.5, 0.6) is 5.75 Å². The molecule has 2 saturated heterocycles. The molecule has 0 aliphatic carbocycles. The van der Waals surface area contributed by atoms with E-state index < -0.39 is 66.9 Å². The van der Waals surface area contributed by atoms with Crippen LogP contribution in [-0.2, 0) is 39.8 Å². The van der Waals surface area contributed by atoms with Gasteiger partial charge in [0.05, 0.1) is 5.69 Å². The monoisotopic (exact) mass is 697 g/mol. The lowest BCUT2D eigenvalue weighted by Gasteiger charge is -2.32. The predicted molar refractivity (Wildman–Crippen MR) is 170 cm³/mol. The number of carboxylic acid groups (broad SMARTS) is 2. The van der Waals surface area contributed by atoms with Crippen molar-refractivity contribution in [2.75, 3.05) is 24.6 Å². The molecule has 49 heavy (non-hydrogen) atoms. The minimum absolute atomic E-state index is 0.00189. The minimum atomic E-state index is -2.10. The first-order valence-electron chi connectivity index (χ1n) is 15.0. The molecular weight excluding hydrogens is 666 g/mol. The summed E-state index contributed by atoms with van der Waals surface area (Å²) in [6.45, 7) is 4.31. The van der Waals surface area contributed by atoms with Crippen molar-refractivity contribution >= 4 is 58.2 Å². The van der Waals surface area contributed by atoms with Gasteiger partial charge in [-0.15, -0.1) is 6.42 Å². The number of rotatable bonds is 11. The number of aryl methyl sites for hydroxylation is 1. The Bertz CT molecular complexity index is 1860. The summed E-state index contributed by atoms with van der Waals surface area (Å²) in [6, 6.07) is 7.35. The molecule has 0 bridgehead atoms. The van der Waals surface area contributed by atoms with E-state index in [1.165, 1.54) is 21.7 Å². The number of ether oxygens (including phenoxy) is 4. The third-order valence-corrected chi connectivity index (χ3v) is 8.30. The second-order valence-corrected chi connectivity index (χ2v) is 11.8. The number of carbonyl (C=O) groups excluding carboxylic acids is 3. The van der Waals surface area contributed by atoms with Gasteiger partial charge in [-0.1, -0.05) is 23.6 Å². The smallest absolute Gasteiger partial charge is 0.321 e. The summed E-state index contributed by atoms with van der Waals surface area (Å²) in [5.41, 5.74) is -0.760. The second kappa shape index (κ2) is 14.0. The van der Waals surface area contributed by atoms with Crippen molar-refractivity contribution < 1.29 is 53.1 Å². The van der Waals surface area contributed by atoms with Crippen LogP contribution in [0.2, 0.25) is 5.15 Å². The van der Waals surface area contributed by atoms with Gasteiger partial charge < -0.3 is 34.5 Å². The van der Waals surface area contributed by atoms with Gasteiger partial charge >= 0.3 is 29.9 Å². The van der Waals surface area contributed by atoms with Gasteiger partial charge in [-0.05, 0) is 43.5 Å². The molecule has 0 saturated carbocycles. The summed E-state index contributed by atoms with van der Waals surface area (Å²) in [6.07, 6.45) is 2.02. The molecular formula is C32H32ClN5O11. The van der Waals surface area contributed by atoms with E-state index in [0.717, 1.165) is 13.8 Å². The summed E-state index contributed by atoms with van der Waals surface area (Å²) in [5.74, 6) is -4.15. The number of terminal acetylenes is 1. The number of benzene rings is 1. The average molecular weight is 698 g/mol. The highest BCUT2D eigenvalue weighted by Crippen LogP contribution is 2.43. The molecule has 0 spiro atoms. The van der Waals surface area contributed by atoms with E-state index in [9.17, 15) is 34.2 Å². The third kappa shape index (κ3) is 6.94. The van der Waals surface area contributed by atoms with Crippen LogP contribution >= 0.6 is 11.6 Å². The first-order chi connectivity index (χ1) is 23.2. The van der Waals surface area contributed by atoms with Crippen molar-refractivity contribution in [3.8, 4) is 18.1 Å². The van der Waals surface area contributed by atoms with E-state index in [4.69, 9.17) is 37.0 Å². The number of anilines is 1. The molecule has 17 heteroatoms. The van der Waals surface area contributed by atoms with Crippen LogP contribution in [0.15, 0.2) is 30.3 Å². The number of nitrogens with zero attached hydrogens (tertiary/aromatic N) is 4. The molecule has 2 aromatic heterocycles. The van der Waals surface area contributed by atoms with E-state index in [0.29, 0.717) is 36.3 Å². The fraction of sp³-hybridized carbons (Fsp3) is 0.406. The zero-order chi connectivity index (χ0) is 35.6. The number of fused-ring (bicyclic) bond motifs is 1. The SMILES string of the molecule is C#C[C@@]1(OC(C)=O)[C@@H](COc2cc(N3CCCNC3=O)ccc2CC(C(=O)O)C(=O)O)O[C@@H](n2nc(C)c3ccc(Cl)nc32)[C@@H]1OC(C)=O. The minimum Gasteiger partial charge on any atom is -0.490 e. The highest BCUT2D eigenvalue weighted by atomic mass is 35.5. The number of pyridine rings is 1. The van der Waals surface area contributed by atoms with Crippen molar-refractivity contribution in [1.29, 1.82) is 0 Å². The Morgan fingerprint density at radius 2 is 1.92 bits per heavy atom. The summed E-state index contributed by atoms with van der Waals surface area (Å²) in [7, 11) is 0. The molecule has 4 heterocycles. The maximum Gasteiger partial charge on any atom is 0.321 e. The van der Waals surface area contributed by atoms with Crippen molar-refractivity contribution in [3.63, 3.8) is 0 Å². The van der Waals surface area contributed by atoms with Crippen LogP contribution < -0.4 is 15.0 Å². The third-order valence-electron chi connectivity index (χ3n) is 8.09. The maximum absolute atomic E-state index is 12.6. The van der Waals surface area contributed by atoms with Gasteiger partial charge in [0.1, 0.15) is 23.6 Å². The van der Waals surface area contributed by atoms with Crippen molar-refractivity contribution in [2.24, 2.45) is 5.92 Å². The molecule has 3 aromatic rings. The predicted octanol–water partition coefficient (Wildman–Crippen LogP) is 2.48. The number of halogens is 1. The van der Waals surface area contributed by atoms with E-state index in [-0.39, 0.29) is 28.1 Å². The number of urea groups is 1. The Balaban J connectivity index is 1.58. The summed E-state index contributed by atoms with van der Waals surface area (Å²) >= 11 is 6.19. The molecule has 0 unspecified atom stereocenters.